The molecule has 0 fully saturated rings. The van der Waals surface area contributed by atoms with E-state index < -0.39 is 28.8 Å². The summed E-state index contributed by atoms with van der Waals surface area (Å²) in [5.74, 6) is -3.73. The van der Waals surface area contributed by atoms with Crippen LogP contribution in [0.25, 0.3) is 0 Å². The van der Waals surface area contributed by atoms with E-state index in [-0.39, 0.29) is 54.3 Å². The predicted molar refractivity (Wildman–Crippen MR) is 111 cm³/mol. The Morgan fingerprint density at radius 2 is 1.65 bits per heavy atom. The highest BCUT2D eigenvalue weighted by atomic mass is 19.4. The molecular formula is C21H17F3N4O6. The van der Waals surface area contributed by atoms with Crippen molar-refractivity contribution in [2.24, 2.45) is 0 Å². The number of nitrogens with one attached hydrogen (secondary N) is 2. The summed E-state index contributed by atoms with van der Waals surface area (Å²) < 4.78 is 36.8. The van der Waals surface area contributed by atoms with Crippen LogP contribution in [0.15, 0.2) is 42.5 Å². The first-order chi connectivity index (χ1) is 16.0. The number of nitro groups is 1. The number of carbonyl (C=O) groups excluding carboxylic acids is 4. The van der Waals surface area contributed by atoms with Gasteiger partial charge in [0.05, 0.1) is 16.1 Å². The van der Waals surface area contributed by atoms with Crippen molar-refractivity contribution in [3.63, 3.8) is 0 Å². The number of nitrogens with zero attached hydrogens (tertiary/aromatic N) is 2. The first-order valence-electron chi connectivity index (χ1n) is 9.86. The number of fused-ring (bicyclic) bond motifs is 1. The average molecular weight is 478 g/mol. The Morgan fingerprint density at radius 3 is 2.26 bits per heavy atom. The minimum Gasteiger partial charge on any atom is -0.352 e. The predicted octanol–water partition coefficient (Wildman–Crippen LogP) is 2.79. The van der Waals surface area contributed by atoms with E-state index in [0.717, 1.165) is 17.0 Å². The molecule has 2 aromatic rings. The summed E-state index contributed by atoms with van der Waals surface area (Å²) in [4.78, 5) is 58.9. The number of hydrogen-bond donors (Lipinski definition) is 2. The van der Waals surface area contributed by atoms with Crippen LogP contribution in [0, 0.1) is 10.1 Å². The molecule has 0 radical (unpaired) electrons. The number of amides is 4. The number of benzene rings is 2. The van der Waals surface area contributed by atoms with Crippen LogP contribution in [-0.4, -0.2) is 46.2 Å². The number of imide groups is 1. The minimum atomic E-state index is -5.00. The number of hydrogen-bond acceptors (Lipinski definition) is 6. The molecular weight excluding hydrogens is 461 g/mol. The maximum Gasteiger partial charge on any atom is 0.471 e. The first-order valence-corrected chi connectivity index (χ1v) is 9.86. The highest BCUT2D eigenvalue weighted by Gasteiger charge is 2.38. The molecule has 4 amide bonds. The van der Waals surface area contributed by atoms with Crippen molar-refractivity contribution in [2.45, 2.75) is 25.6 Å². The van der Waals surface area contributed by atoms with Crippen molar-refractivity contribution >= 4 is 35.0 Å². The standard InChI is InChI=1S/C21H17F3N4O6/c22-21(23,24)20(32)26-13-5-3-12(4-6-13)11-25-17(29)2-1-9-27-18(30)15-8-7-14(28(33)34)10-16(15)19(27)31/h3-8,10H,1-2,9,11H2,(H,25,29)(H,26,32). The van der Waals surface area contributed by atoms with E-state index >= 15 is 0 Å². The molecule has 13 heteroatoms. The molecule has 178 valence electrons. The van der Waals surface area contributed by atoms with E-state index in [1.165, 1.54) is 30.3 Å². The Hall–Kier alpha value is -4.29. The largest absolute Gasteiger partial charge is 0.471 e. The topological polar surface area (TPSA) is 139 Å². The van der Waals surface area contributed by atoms with Crippen LogP contribution < -0.4 is 10.6 Å². The normalized spacial score (nSPS) is 13.0. The van der Waals surface area contributed by atoms with Gasteiger partial charge < -0.3 is 10.6 Å². The number of rotatable bonds is 8. The summed E-state index contributed by atoms with van der Waals surface area (Å²) in [6.07, 6.45) is -4.87. The maximum absolute atomic E-state index is 12.4. The molecule has 2 N–H and O–H groups in total. The molecule has 0 saturated carbocycles. The average Bonchev–Trinajstić information content (AvgIpc) is 3.02. The van der Waals surface area contributed by atoms with Gasteiger partial charge in [-0.3, -0.25) is 34.2 Å². The second kappa shape index (κ2) is 9.68. The zero-order valence-corrected chi connectivity index (χ0v) is 17.3. The third-order valence-electron chi connectivity index (χ3n) is 4.91. The molecule has 1 heterocycles. The molecule has 2 aromatic carbocycles. The van der Waals surface area contributed by atoms with Gasteiger partial charge in [0.15, 0.2) is 0 Å². The fourth-order valence-electron chi connectivity index (χ4n) is 3.19. The molecule has 0 bridgehead atoms. The molecule has 0 spiro atoms. The van der Waals surface area contributed by atoms with Crippen LogP contribution in [-0.2, 0) is 16.1 Å². The molecule has 3 rings (SSSR count). The molecule has 34 heavy (non-hydrogen) atoms. The Morgan fingerprint density at radius 1 is 1.00 bits per heavy atom. The molecule has 0 unspecified atom stereocenters. The zero-order chi connectivity index (χ0) is 25.0. The fourth-order valence-corrected chi connectivity index (χ4v) is 3.19. The summed E-state index contributed by atoms with van der Waals surface area (Å²) in [5, 5.41) is 15.2. The van der Waals surface area contributed by atoms with Gasteiger partial charge in [-0.15, -0.1) is 0 Å². The van der Waals surface area contributed by atoms with E-state index in [1.807, 2.05) is 0 Å². The fraction of sp³-hybridized carbons (Fsp3) is 0.238. The monoisotopic (exact) mass is 478 g/mol. The lowest BCUT2D eigenvalue weighted by molar-refractivity contribution is -0.384. The summed E-state index contributed by atoms with van der Waals surface area (Å²) in [6, 6.07) is 8.80. The number of anilines is 1. The molecule has 1 aliphatic rings. The van der Waals surface area contributed by atoms with Crippen molar-refractivity contribution in [1.29, 1.82) is 0 Å². The van der Waals surface area contributed by atoms with Crippen molar-refractivity contribution < 1.29 is 37.3 Å². The summed E-state index contributed by atoms with van der Waals surface area (Å²) in [6.45, 7) is 0.0180. The molecule has 10 nitrogen and oxygen atoms in total. The quantitative estimate of drug-likeness (QED) is 0.340. The van der Waals surface area contributed by atoms with Gasteiger partial charge in [0.25, 0.3) is 17.5 Å². The summed E-state index contributed by atoms with van der Waals surface area (Å²) in [5.41, 5.74) is 0.217. The molecule has 0 saturated heterocycles. The summed E-state index contributed by atoms with van der Waals surface area (Å²) >= 11 is 0. The number of halogens is 3. The number of non-ortho nitro benzene ring substituents is 1. The summed E-state index contributed by atoms with van der Waals surface area (Å²) in [7, 11) is 0. The highest BCUT2D eigenvalue weighted by molar-refractivity contribution is 6.21. The van der Waals surface area contributed by atoms with Crippen molar-refractivity contribution in [3.8, 4) is 0 Å². The second-order valence-corrected chi connectivity index (χ2v) is 7.28. The van der Waals surface area contributed by atoms with Gasteiger partial charge >= 0.3 is 12.1 Å². The van der Waals surface area contributed by atoms with Crippen LogP contribution in [0.2, 0.25) is 0 Å². The molecule has 1 aliphatic heterocycles. The van der Waals surface area contributed by atoms with Crippen LogP contribution in [0.1, 0.15) is 39.1 Å². The van der Waals surface area contributed by atoms with Crippen LogP contribution >= 0.6 is 0 Å². The van der Waals surface area contributed by atoms with Crippen LogP contribution in [0.4, 0.5) is 24.5 Å². The number of nitro benzene ring substituents is 1. The Labute approximate surface area is 189 Å². The van der Waals surface area contributed by atoms with Crippen molar-refractivity contribution in [1.82, 2.24) is 10.2 Å². The lowest BCUT2D eigenvalue weighted by atomic mass is 10.1. The van der Waals surface area contributed by atoms with Crippen molar-refractivity contribution in [2.75, 3.05) is 11.9 Å². The van der Waals surface area contributed by atoms with Gasteiger partial charge in [0, 0.05) is 37.3 Å². The number of alkyl halides is 3. The van der Waals surface area contributed by atoms with E-state index in [2.05, 4.69) is 5.32 Å². The molecule has 0 aliphatic carbocycles. The Bertz CT molecular complexity index is 1160. The minimum absolute atomic E-state index is 0.0206. The smallest absolute Gasteiger partial charge is 0.352 e. The van der Waals surface area contributed by atoms with E-state index in [0.29, 0.717) is 5.56 Å². The van der Waals surface area contributed by atoms with Gasteiger partial charge in [0.2, 0.25) is 5.91 Å². The lowest BCUT2D eigenvalue weighted by Gasteiger charge is -2.13. The SMILES string of the molecule is O=C(CCCN1C(=O)c2ccc([N+](=O)[O-])cc2C1=O)NCc1ccc(NC(=O)C(F)(F)F)cc1. The molecule has 0 aromatic heterocycles. The maximum atomic E-state index is 12.4. The van der Waals surface area contributed by atoms with Gasteiger partial charge in [-0.1, -0.05) is 12.1 Å². The highest BCUT2D eigenvalue weighted by Crippen LogP contribution is 2.27. The van der Waals surface area contributed by atoms with Crippen LogP contribution in [0.3, 0.4) is 0 Å². The van der Waals surface area contributed by atoms with E-state index in [9.17, 15) is 42.5 Å². The Balaban J connectivity index is 1.45. The molecule has 0 atom stereocenters. The van der Waals surface area contributed by atoms with Crippen LogP contribution in [0.5, 0.6) is 0 Å². The zero-order valence-electron chi connectivity index (χ0n) is 17.3. The van der Waals surface area contributed by atoms with Crippen molar-refractivity contribution in [3.05, 3.63) is 69.3 Å². The van der Waals surface area contributed by atoms with E-state index in [4.69, 9.17) is 0 Å². The van der Waals surface area contributed by atoms with Gasteiger partial charge in [-0.05, 0) is 30.2 Å². The Kier molecular flexibility index (Phi) is 6.94. The van der Waals surface area contributed by atoms with Gasteiger partial charge in [0.1, 0.15) is 0 Å². The van der Waals surface area contributed by atoms with Gasteiger partial charge in [-0.2, -0.15) is 13.2 Å². The van der Waals surface area contributed by atoms with Gasteiger partial charge in [-0.25, -0.2) is 0 Å². The van der Waals surface area contributed by atoms with E-state index in [1.54, 1.807) is 5.32 Å². The lowest BCUT2D eigenvalue weighted by Crippen LogP contribution is -2.32. The number of carbonyl (C=O) groups is 4. The third-order valence-corrected chi connectivity index (χ3v) is 4.91. The second-order valence-electron chi connectivity index (χ2n) is 7.28. The first kappa shape index (κ1) is 24.4. The third kappa shape index (κ3) is 5.54.